The van der Waals surface area contributed by atoms with Crippen molar-refractivity contribution in [3.05, 3.63) is 0 Å². The average molecular weight is 284 g/mol. The van der Waals surface area contributed by atoms with Gasteiger partial charge in [0.1, 0.15) is 0 Å². The Morgan fingerprint density at radius 2 is 1.85 bits per heavy atom. The third-order valence-electron chi connectivity index (χ3n) is 4.01. The Hall–Kier alpha value is -1.14. The van der Waals surface area contributed by atoms with Crippen LogP contribution in [0.1, 0.15) is 20.3 Å². The minimum atomic E-state index is -0.956. The summed E-state index contributed by atoms with van der Waals surface area (Å²) in [5.74, 6) is 0.232. The number of carbonyl (C=O) groups excluding carboxylic acids is 1. The summed E-state index contributed by atoms with van der Waals surface area (Å²) in [4.78, 5) is 27.1. The number of morpholine rings is 1. The summed E-state index contributed by atoms with van der Waals surface area (Å²) in [6.07, 6.45) is 0.360. The van der Waals surface area contributed by atoms with Crippen LogP contribution in [0, 0.1) is 11.8 Å². The molecule has 114 valence electrons. The molecule has 0 aromatic heterocycles. The number of rotatable bonds is 3. The molecule has 1 amide bonds. The molecule has 0 bridgehead atoms. The van der Waals surface area contributed by atoms with Crippen molar-refractivity contribution in [3.63, 3.8) is 0 Å². The van der Waals surface area contributed by atoms with Crippen molar-refractivity contribution in [3.8, 4) is 0 Å². The van der Waals surface area contributed by atoms with E-state index >= 15 is 0 Å². The minimum absolute atomic E-state index is 0.106. The summed E-state index contributed by atoms with van der Waals surface area (Å²) in [6.45, 7) is 7.56. The highest BCUT2D eigenvalue weighted by molar-refractivity contribution is 5.78. The van der Waals surface area contributed by atoms with Crippen molar-refractivity contribution in [1.29, 1.82) is 0 Å². The van der Waals surface area contributed by atoms with Crippen LogP contribution in [0.25, 0.3) is 0 Å². The molecule has 2 heterocycles. The number of amides is 1. The first kappa shape index (κ1) is 15.3. The maximum Gasteiger partial charge on any atom is 0.334 e. The van der Waals surface area contributed by atoms with E-state index in [1.165, 1.54) is 6.42 Å². The third kappa shape index (κ3) is 3.93. The molecule has 0 radical (unpaired) electrons. The Labute approximate surface area is 119 Å². The highest BCUT2D eigenvalue weighted by Gasteiger charge is 2.30. The number of carbonyl (C=O) groups is 2. The fourth-order valence-corrected chi connectivity index (χ4v) is 3.15. The monoisotopic (exact) mass is 284 g/mol. The number of ether oxygens (including phenoxy) is 1. The molecule has 0 aromatic carbocycles. The minimum Gasteiger partial charge on any atom is -0.479 e. The second-order valence-electron chi connectivity index (χ2n) is 6.18. The smallest absolute Gasteiger partial charge is 0.334 e. The largest absolute Gasteiger partial charge is 0.479 e. The van der Waals surface area contributed by atoms with Gasteiger partial charge in [0.15, 0.2) is 6.10 Å². The topological polar surface area (TPSA) is 70.1 Å². The molecule has 2 saturated heterocycles. The molecule has 6 nitrogen and oxygen atoms in total. The van der Waals surface area contributed by atoms with Crippen molar-refractivity contribution < 1.29 is 19.4 Å². The van der Waals surface area contributed by atoms with Crippen molar-refractivity contribution in [2.45, 2.75) is 26.4 Å². The highest BCUT2D eigenvalue weighted by Crippen LogP contribution is 2.21. The lowest BCUT2D eigenvalue weighted by Gasteiger charge is -2.37. The molecule has 2 fully saturated rings. The van der Waals surface area contributed by atoms with E-state index in [4.69, 9.17) is 9.84 Å². The van der Waals surface area contributed by atoms with Gasteiger partial charge in [0.05, 0.1) is 13.2 Å². The van der Waals surface area contributed by atoms with Crippen molar-refractivity contribution >= 4 is 11.9 Å². The summed E-state index contributed by atoms with van der Waals surface area (Å²) in [5.41, 5.74) is 0. The Bertz CT molecular complexity index is 364. The van der Waals surface area contributed by atoms with E-state index in [0.29, 0.717) is 38.1 Å². The first-order valence-electron chi connectivity index (χ1n) is 7.30. The van der Waals surface area contributed by atoms with Gasteiger partial charge in [-0.2, -0.15) is 0 Å². The molecule has 0 aromatic rings. The molecule has 2 rings (SSSR count). The van der Waals surface area contributed by atoms with E-state index in [-0.39, 0.29) is 5.91 Å². The molecule has 6 heteroatoms. The van der Waals surface area contributed by atoms with Crippen LogP contribution in [0.5, 0.6) is 0 Å². The molecule has 20 heavy (non-hydrogen) atoms. The molecule has 3 atom stereocenters. The molecule has 0 aliphatic carbocycles. The van der Waals surface area contributed by atoms with E-state index in [2.05, 4.69) is 13.8 Å². The molecule has 3 unspecified atom stereocenters. The molecule has 1 N–H and O–H groups in total. The maximum atomic E-state index is 12.3. The second-order valence-corrected chi connectivity index (χ2v) is 6.18. The number of carboxylic acid groups (broad SMARTS) is 1. The standard InChI is InChI=1S/C14H24N2O4/c1-10-5-11(2)7-16(6-10)13(17)9-15-3-4-20-12(8-15)14(18)19/h10-12H,3-9H2,1-2H3,(H,18,19). The van der Waals surface area contributed by atoms with Gasteiger partial charge in [-0.3, -0.25) is 9.69 Å². The van der Waals surface area contributed by atoms with Gasteiger partial charge in [0.2, 0.25) is 5.91 Å². The summed E-state index contributed by atoms with van der Waals surface area (Å²) in [7, 11) is 0. The van der Waals surface area contributed by atoms with E-state index in [1.54, 1.807) is 0 Å². The van der Waals surface area contributed by atoms with E-state index in [1.807, 2.05) is 9.80 Å². The lowest BCUT2D eigenvalue weighted by Crippen LogP contribution is -2.51. The van der Waals surface area contributed by atoms with Crippen LogP contribution >= 0.6 is 0 Å². The van der Waals surface area contributed by atoms with Crippen LogP contribution < -0.4 is 0 Å². The Morgan fingerprint density at radius 1 is 1.20 bits per heavy atom. The third-order valence-corrected chi connectivity index (χ3v) is 4.01. The molecular weight excluding hydrogens is 260 g/mol. The Kier molecular flexibility index (Phi) is 4.99. The van der Waals surface area contributed by atoms with Gasteiger partial charge in [-0.25, -0.2) is 4.79 Å². The van der Waals surface area contributed by atoms with Gasteiger partial charge < -0.3 is 14.7 Å². The number of hydrogen-bond acceptors (Lipinski definition) is 4. The van der Waals surface area contributed by atoms with Crippen molar-refractivity contribution in [1.82, 2.24) is 9.80 Å². The predicted octanol–water partition coefficient (Wildman–Crippen LogP) is 0.276. The van der Waals surface area contributed by atoms with Gasteiger partial charge >= 0.3 is 5.97 Å². The zero-order valence-electron chi connectivity index (χ0n) is 12.2. The van der Waals surface area contributed by atoms with Crippen LogP contribution in [0.15, 0.2) is 0 Å². The maximum absolute atomic E-state index is 12.3. The summed E-state index contributed by atoms with van der Waals surface area (Å²) >= 11 is 0. The Morgan fingerprint density at radius 3 is 2.45 bits per heavy atom. The van der Waals surface area contributed by atoms with Crippen LogP contribution in [0.4, 0.5) is 0 Å². The van der Waals surface area contributed by atoms with Crippen molar-refractivity contribution in [2.75, 3.05) is 39.3 Å². The fraction of sp³-hybridized carbons (Fsp3) is 0.857. The van der Waals surface area contributed by atoms with Gasteiger partial charge in [0, 0.05) is 26.2 Å². The first-order valence-corrected chi connectivity index (χ1v) is 7.30. The molecule has 2 aliphatic rings. The molecule has 2 aliphatic heterocycles. The number of nitrogens with zero attached hydrogens (tertiary/aromatic N) is 2. The van der Waals surface area contributed by atoms with Crippen LogP contribution in [0.2, 0.25) is 0 Å². The van der Waals surface area contributed by atoms with Crippen LogP contribution in [0.3, 0.4) is 0 Å². The molecular formula is C14H24N2O4. The van der Waals surface area contributed by atoms with Crippen LogP contribution in [-0.4, -0.2) is 72.2 Å². The first-order chi connectivity index (χ1) is 9.45. The predicted molar refractivity (Wildman–Crippen MR) is 73.3 cm³/mol. The average Bonchev–Trinajstić information content (AvgIpc) is 2.37. The Balaban J connectivity index is 1.86. The highest BCUT2D eigenvalue weighted by atomic mass is 16.5. The molecule has 0 spiro atoms. The van der Waals surface area contributed by atoms with E-state index in [9.17, 15) is 9.59 Å². The van der Waals surface area contributed by atoms with Gasteiger partial charge in [-0.15, -0.1) is 0 Å². The SMILES string of the molecule is CC1CC(C)CN(C(=O)CN2CCOC(C(=O)O)C2)C1. The number of hydrogen-bond donors (Lipinski definition) is 1. The number of likely N-dealkylation sites (tertiary alicyclic amines) is 1. The zero-order valence-corrected chi connectivity index (χ0v) is 12.2. The summed E-state index contributed by atoms with van der Waals surface area (Å²) < 4.78 is 5.16. The number of carboxylic acids is 1. The number of aliphatic carboxylic acids is 1. The van der Waals surface area contributed by atoms with Gasteiger partial charge in [-0.1, -0.05) is 13.8 Å². The summed E-state index contributed by atoms with van der Waals surface area (Å²) in [5, 5.41) is 8.96. The fourth-order valence-electron chi connectivity index (χ4n) is 3.15. The summed E-state index contributed by atoms with van der Waals surface area (Å²) in [6, 6.07) is 0. The molecule has 0 saturated carbocycles. The van der Waals surface area contributed by atoms with Gasteiger partial charge in [-0.05, 0) is 18.3 Å². The van der Waals surface area contributed by atoms with Crippen LogP contribution in [-0.2, 0) is 14.3 Å². The van der Waals surface area contributed by atoms with E-state index < -0.39 is 12.1 Å². The zero-order chi connectivity index (χ0) is 14.7. The van der Waals surface area contributed by atoms with E-state index in [0.717, 1.165) is 13.1 Å². The van der Waals surface area contributed by atoms with Crippen molar-refractivity contribution in [2.24, 2.45) is 11.8 Å². The quantitative estimate of drug-likeness (QED) is 0.806. The second kappa shape index (κ2) is 6.54. The lowest BCUT2D eigenvalue weighted by molar-refractivity contribution is -0.157. The normalized spacial score (nSPS) is 32.1. The lowest BCUT2D eigenvalue weighted by atomic mass is 9.92. The number of piperidine rings is 1. The van der Waals surface area contributed by atoms with Gasteiger partial charge in [0.25, 0.3) is 0 Å².